The molecule has 2 heterocycles. The topological polar surface area (TPSA) is 112 Å². The van der Waals surface area contributed by atoms with Crippen molar-refractivity contribution in [1.29, 1.82) is 0 Å². The number of ether oxygens (including phenoxy) is 3. The van der Waals surface area contributed by atoms with E-state index in [1.165, 1.54) is 18.5 Å². The summed E-state index contributed by atoms with van der Waals surface area (Å²) in [5.41, 5.74) is 2.16. The van der Waals surface area contributed by atoms with E-state index in [0.29, 0.717) is 65.0 Å². The van der Waals surface area contributed by atoms with E-state index in [1.54, 1.807) is 51.5 Å². The molecule has 1 atom stereocenters. The van der Waals surface area contributed by atoms with Gasteiger partial charge in [-0.15, -0.1) is 0 Å². The predicted octanol–water partition coefficient (Wildman–Crippen LogP) is 6.69. The third kappa shape index (κ3) is 7.66. The first-order valence-corrected chi connectivity index (χ1v) is 16.7. The minimum atomic E-state index is -3.13. The molecule has 0 spiro atoms. The Morgan fingerprint density at radius 2 is 1.93 bits per heavy atom. The van der Waals surface area contributed by atoms with Crippen molar-refractivity contribution in [2.24, 2.45) is 0 Å². The molecule has 5 rings (SSSR count). The van der Waals surface area contributed by atoms with E-state index in [-0.39, 0.29) is 18.2 Å². The molecule has 45 heavy (non-hydrogen) atoms. The van der Waals surface area contributed by atoms with E-state index in [1.807, 2.05) is 24.3 Å². The minimum Gasteiger partial charge on any atom is -0.496 e. The number of hydrogen-bond donors (Lipinski definition) is 2. The SMILES string of the molecule is COc1cc2ncnc(Nc3ccc(OCc4cccc(F)c4)c(Cl)c3)c2cc1C1(CCNCCS(=O)(=O)C(C)C)CC=CO1. The summed E-state index contributed by atoms with van der Waals surface area (Å²) in [6.45, 7) is 4.46. The van der Waals surface area contributed by atoms with Gasteiger partial charge >= 0.3 is 0 Å². The van der Waals surface area contributed by atoms with Gasteiger partial charge in [-0.05, 0) is 68.4 Å². The summed E-state index contributed by atoms with van der Waals surface area (Å²) in [6, 6.07) is 15.4. The molecule has 0 bridgehead atoms. The second-order valence-electron chi connectivity index (χ2n) is 11.1. The number of anilines is 2. The monoisotopic (exact) mass is 654 g/mol. The lowest BCUT2D eigenvalue weighted by molar-refractivity contribution is 0.0307. The van der Waals surface area contributed by atoms with E-state index in [0.717, 1.165) is 10.9 Å². The highest BCUT2D eigenvalue weighted by molar-refractivity contribution is 7.92. The Morgan fingerprint density at radius 3 is 2.64 bits per heavy atom. The van der Waals surface area contributed by atoms with E-state index < -0.39 is 20.7 Å². The quantitative estimate of drug-likeness (QED) is 0.144. The summed E-state index contributed by atoms with van der Waals surface area (Å²) in [6.07, 6.45) is 6.32. The van der Waals surface area contributed by atoms with Crippen molar-refractivity contribution in [1.82, 2.24) is 15.3 Å². The van der Waals surface area contributed by atoms with Crippen LogP contribution >= 0.6 is 11.6 Å². The number of nitrogens with one attached hydrogen (secondary N) is 2. The van der Waals surface area contributed by atoms with Gasteiger partial charge in [-0.1, -0.05) is 23.7 Å². The van der Waals surface area contributed by atoms with Crippen LogP contribution in [0.1, 0.15) is 37.8 Å². The van der Waals surface area contributed by atoms with Crippen LogP contribution in [0.15, 0.2) is 73.3 Å². The van der Waals surface area contributed by atoms with E-state index in [4.69, 9.17) is 25.8 Å². The van der Waals surface area contributed by atoms with E-state index in [9.17, 15) is 12.8 Å². The van der Waals surface area contributed by atoms with E-state index >= 15 is 0 Å². The van der Waals surface area contributed by atoms with Crippen molar-refractivity contribution in [3.8, 4) is 11.5 Å². The van der Waals surface area contributed by atoms with Crippen LogP contribution in [-0.4, -0.2) is 49.6 Å². The first kappa shape index (κ1) is 32.5. The molecule has 0 fully saturated rings. The highest BCUT2D eigenvalue weighted by atomic mass is 35.5. The molecule has 0 amide bonds. The Hall–Kier alpha value is -3.93. The van der Waals surface area contributed by atoms with Crippen molar-refractivity contribution in [2.45, 2.75) is 44.1 Å². The molecule has 4 aromatic rings. The number of sulfone groups is 1. The summed E-state index contributed by atoms with van der Waals surface area (Å²) in [5.74, 6) is 1.40. The molecule has 9 nitrogen and oxygen atoms in total. The Balaban J connectivity index is 1.35. The van der Waals surface area contributed by atoms with Crippen LogP contribution in [0.25, 0.3) is 10.9 Å². The van der Waals surface area contributed by atoms with Gasteiger partial charge in [0.05, 0.1) is 34.9 Å². The zero-order valence-corrected chi connectivity index (χ0v) is 26.9. The second kappa shape index (κ2) is 14.0. The largest absolute Gasteiger partial charge is 0.496 e. The molecule has 2 N–H and O–H groups in total. The first-order chi connectivity index (χ1) is 21.6. The maximum atomic E-state index is 13.5. The van der Waals surface area contributed by atoms with Crippen LogP contribution in [0.3, 0.4) is 0 Å². The number of benzene rings is 3. The Labute approximate surface area is 267 Å². The Kier molecular flexibility index (Phi) is 10.1. The molecule has 1 aromatic heterocycles. The normalized spacial score (nSPS) is 16.2. The lowest BCUT2D eigenvalue weighted by Gasteiger charge is -2.31. The van der Waals surface area contributed by atoms with Gasteiger partial charge in [0.15, 0.2) is 9.84 Å². The maximum absolute atomic E-state index is 13.5. The van der Waals surface area contributed by atoms with Crippen LogP contribution in [0, 0.1) is 5.82 Å². The van der Waals surface area contributed by atoms with Crippen molar-refractivity contribution >= 4 is 43.8 Å². The second-order valence-corrected chi connectivity index (χ2v) is 14.2. The minimum absolute atomic E-state index is 0.0760. The summed E-state index contributed by atoms with van der Waals surface area (Å²) >= 11 is 6.54. The average molecular weight is 655 g/mol. The van der Waals surface area contributed by atoms with Gasteiger partial charge in [0.1, 0.15) is 41.7 Å². The van der Waals surface area contributed by atoms with Crippen LogP contribution in [0.4, 0.5) is 15.9 Å². The highest BCUT2D eigenvalue weighted by Gasteiger charge is 2.38. The summed E-state index contributed by atoms with van der Waals surface area (Å²) in [4.78, 5) is 8.98. The lowest BCUT2D eigenvalue weighted by atomic mass is 9.86. The van der Waals surface area contributed by atoms with Gasteiger partial charge in [0.25, 0.3) is 0 Å². The predicted molar refractivity (Wildman–Crippen MR) is 174 cm³/mol. The molecule has 12 heteroatoms. The fourth-order valence-electron chi connectivity index (χ4n) is 5.13. The van der Waals surface area contributed by atoms with Gasteiger partial charge in [0, 0.05) is 42.1 Å². The van der Waals surface area contributed by atoms with Gasteiger partial charge in [0.2, 0.25) is 0 Å². The molecular weight excluding hydrogens is 619 g/mol. The van der Waals surface area contributed by atoms with Crippen molar-refractivity contribution in [3.63, 3.8) is 0 Å². The average Bonchev–Trinajstić information content (AvgIpc) is 3.50. The summed E-state index contributed by atoms with van der Waals surface area (Å²) in [7, 11) is -1.52. The maximum Gasteiger partial charge on any atom is 0.153 e. The molecule has 0 aliphatic carbocycles. The fraction of sp³-hybridized carbons (Fsp3) is 0.333. The fourth-order valence-corrected chi connectivity index (χ4v) is 6.26. The Bertz CT molecular complexity index is 1790. The van der Waals surface area contributed by atoms with Gasteiger partial charge in [-0.2, -0.15) is 0 Å². The first-order valence-electron chi connectivity index (χ1n) is 14.6. The zero-order valence-electron chi connectivity index (χ0n) is 25.3. The molecule has 1 aliphatic heterocycles. The number of aromatic nitrogens is 2. The number of fused-ring (bicyclic) bond motifs is 1. The number of nitrogens with zero attached hydrogens (tertiary/aromatic N) is 2. The number of methoxy groups -OCH3 is 1. The standard InChI is InChI=1S/C33H36ClFN4O5S/c1-22(2)45(40,41)15-13-36-12-11-33(10-5-14-44-33)27-18-26-29(19-31(27)42-3)37-21-38-32(26)39-25-8-9-30(28(34)17-25)43-20-23-6-4-7-24(35)16-23/h4-9,14,16-19,21-22,36H,10-13,15,20H2,1-3H3,(H,37,38,39). The number of hydrogen-bond acceptors (Lipinski definition) is 9. The van der Waals surface area contributed by atoms with Crippen LogP contribution in [-0.2, 0) is 26.8 Å². The summed E-state index contributed by atoms with van der Waals surface area (Å²) < 4.78 is 55.8. The highest BCUT2D eigenvalue weighted by Crippen LogP contribution is 2.44. The van der Waals surface area contributed by atoms with Crippen LogP contribution < -0.4 is 20.1 Å². The molecule has 0 radical (unpaired) electrons. The van der Waals surface area contributed by atoms with Crippen molar-refractivity contribution in [3.05, 3.63) is 95.2 Å². The number of rotatable bonds is 14. The molecule has 0 saturated heterocycles. The molecule has 3 aromatic carbocycles. The van der Waals surface area contributed by atoms with Crippen LogP contribution in [0.2, 0.25) is 5.02 Å². The molecule has 1 unspecified atom stereocenters. The third-order valence-electron chi connectivity index (χ3n) is 7.75. The number of halogens is 2. The molecule has 238 valence electrons. The van der Waals surface area contributed by atoms with Crippen molar-refractivity contribution in [2.75, 3.05) is 31.3 Å². The zero-order chi connectivity index (χ0) is 32.0. The molecule has 0 saturated carbocycles. The van der Waals surface area contributed by atoms with Gasteiger partial charge < -0.3 is 24.8 Å². The smallest absolute Gasteiger partial charge is 0.153 e. The van der Waals surface area contributed by atoms with Gasteiger partial charge in [-0.3, -0.25) is 0 Å². The van der Waals surface area contributed by atoms with Crippen molar-refractivity contribution < 1.29 is 27.0 Å². The Morgan fingerprint density at radius 1 is 1.09 bits per heavy atom. The van der Waals surface area contributed by atoms with Crippen LogP contribution in [0.5, 0.6) is 11.5 Å². The van der Waals surface area contributed by atoms with E-state index in [2.05, 4.69) is 20.6 Å². The molecular formula is C33H36ClFN4O5S. The third-order valence-corrected chi connectivity index (χ3v) is 10.3. The molecule has 1 aliphatic rings. The lowest BCUT2D eigenvalue weighted by Crippen LogP contribution is -2.33. The summed E-state index contributed by atoms with van der Waals surface area (Å²) in [5, 5.41) is 7.33. The van der Waals surface area contributed by atoms with Gasteiger partial charge in [-0.25, -0.2) is 22.8 Å².